The van der Waals surface area contributed by atoms with E-state index in [1.165, 1.54) is 4.90 Å². The van der Waals surface area contributed by atoms with Crippen LogP contribution in [0.15, 0.2) is 43.0 Å². The van der Waals surface area contributed by atoms with Crippen molar-refractivity contribution >= 4 is 34.4 Å². The van der Waals surface area contributed by atoms with E-state index in [2.05, 4.69) is 19.9 Å². The number of hydrogen-bond acceptors (Lipinski definition) is 6. The number of H-pyrrole nitrogens is 1. The van der Waals surface area contributed by atoms with Crippen LogP contribution >= 0.6 is 11.6 Å². The Bertz CT molecular complexity index is 1270. The van der Waals surface area contributed by atoms with E-state index in [9.17, 15) is 4.79 Å². The first-order valence-electron chi connectivity index (χ1n) is 9.04. The maximum atomic E-state index is 12.4. The van der Waals surface area contributed by atoms with Crippen molar-refractivity contribution in [2.45, 2.75) is 0 Å². The highest BCUT2D eigenvalue weighted by atomic mass is 35.5. The molecule has 0 aromatic carbocycles. The molecule has 0 fully saturated rings. The van der Waals surface area contributed by atoms with E-state index < -0.39 is 0 Å². The number of aromatic nitrogens is 4. The number of aromatic amines is 1. The van der Waals surface area contributed by atoms with Gasteiger partial charge in [-0.25, -0.2) is 15.0 Å². The van der Waals surface area contributed by atoms with Crippen LogP contribution in [0, 0.1) is 0 Å². The van der Waals surface area contributed by atoms with Crippen molar-refractivity contribution in [1.82, 2.24) is 24.8 Å². The Hall–Kier alpha value is -3.65. The number of nitrogens with one attached hydrogen (secondary N) is 1. The number of ether oxygens (including phenoxy) is 1. The zero-order valence-electron chi connectivity index (χ0n) is 16.6. The molecule has 1 amide bonds. The molecule has 4 aromatic rings. The summed E-state index contributed by atoms with van der Waals surface area (Å²) in [6.45, 7) is 0. The summed E-state index contributed by atoms with van der Waals surface area (Å²) in [7, 11) is 4.88. The first-order chi connectivity index (χ1) is 14.4. The van der Waals surface area contributed by atoms with Crippen molar-refractivity contribution in [3.05, 3.63) is 53.6 Å². The fourth-order valence-electron chi connectivity index (χ4n) is 3.26. The Morgan fingerprint density at radius 1 is 1.17 bits per heavy atom. The molecule has 4 rings (SSSR count). The minimum Gasteiger partial charge on any atom is -0.481 e. The first-order valence-corrected chi connectivity index (χ1v) is 9.42. The van der Waals surface area contributed by atoms with Crippen molar-refractivity contribution in [2.24, 2.45) is 0 Å². The summed E-state index contributed by atoms with van der Waals surface area (Å²) in [6, 6.07) is 5.40. The molecule has 4 heterocycles. The maximum absolute atomic E-state index is 12.4. The Kier molecular flexibility index (Phi) is 5.01. The van der Waals surface area contributed by atoms with Crippen LogP contribution < -0.4 is 10.5 Å². The molecule has 9 heteroatoms. The second-order valence-corrected chi connectivity index (χ2v) is 7.21. The number of hydrogen-bond donors (Lipinski definition) is 2. The maximum Gasteiger partial charge on any atom is 0.257 e. The molecule has 152 valence electrons. The summed E-state index contributed by atoms with van der Waals surface area (Å²) >= 11 is 6.83. The zero-order valence-corrected chi connectivity index (χ0v) is 17.4. The van der Waals surface area contributed by atoms with Crippen LogP contribution in [0.5, 0.6) is 5.88 Å². The van der Waals surface area contributed by atoms with Crippen LogP contribution in [0.2, 0.25) is 5.02 Å². The van der Waals surface area contributed by atoms with Gasteiger partial charge in [0, 0.05) is 66.5 Å². The van der Waals surface area contributed by atoms with Gasteiger partial charge in [0.25, 0.3) is 5.91 Å². The van der Waals surface area contributed by atoms with E-state index in [4.69, 9.17) is 22.1 Å². The molecule has 0 aliphatic rings. The molecule has 0 radical (unpaired) electrons. The Morgan fingerprint density at radius 2 is 1.97 bits per heavy atom. The average molecular weight is 423 g/mol. The summed E-state index contributed by atoms with van der Waals surface area (Å²) in [5.41, 5.74) is 9.70. The molecule has 0 atom stereocenters. The topological polar surface area (TPSA) is 110 Å². The molecule has 0 saturated carbocycles. The molecule has 0 aliphatic heterocycles. The molecule has 0 saturated heterocycles. The second kappa shape index (κ2) is 7.64. The number of fused-ring (bicyclic) bond motifs is 1. The Labute approximate surface area is 177 Å². The largest absolute Gasteiger partial charge is 0.481 e. The standard InChI is InChI=1S/C21H19ClN6O2/c1-28(2)21(29)13-7-11(8-25-18(13)23)14-9-26-19-16(17(14)22)15(10-27-19)12-5-4-6-24-20(12)30-3/h4-10H,1-3H3,(H2,23,25)(H,26,27). The summed E-state index contributed by atoms with van der Waals surface area (Å²) in [5.74, 6) is 0.396. The minimum absolute atomic E-state index is 0.157. The molecule has 0 spiro atoms. The van der Waals surface area contributed by atoms with Gasteiger partial charge in [0.05, 0.1) is 17.7 Å². The van der Waals surface area contributed by atoms with Crippen LogP contribution in [0.1, 0.15) is 10.4 Å². The molecule has 0 unspecified atom stereocenters. The van der Waals surface area contributed by atoms with Crippen molar-refractivity contribution < 1.29 is 9.53 Å². The molecule has 3 N–H and O–H groups in total. The van der Waals surface area contributed by atoms with Crippen molar-refractivity contribution in [1.29, 1.82) is 0 Å². The summed E-state index contributed by atoms with van der Waals surface area (Å²) in [6.07, 6.45) is 6.69. The van der Waals surface area contributed by atoms with Gasteiger partial charge >= 0.3 is 0 Å². The third kappa shape index (κ3) is 3.21. The number of carbonyl (C=O) groups excluding carboxylic acids is 1. The number of pyridine rings is 3. The van der Waals surface area contributed by atoms with Crippen LogP contribution in [-0.4, -0.2) is 51.9 Å². The molecule has 4 aromatic heterocycles. The molecule has 30 heavy (non-hydrogen) atoms. The van der Waals surface area contributed by atoms with Crippen molar-refractivity contribution in [3.8, 4) is 28.1 Å². The third-order valence-electron chi connectivity index (χ3n) is 4.76. The lowest BCUT2D eigenvalue weighted by atomic mass is 10.0. The summed E-state index contributed by atoms with van der Waals surface area (Å²) in [5, 5.41) is 1.19. The number of nitrogens with two attached hydrogens (primary N) is 1. The number of nitrogens with zero attached hydrogens (tertiary/aromatic N) is 4. The fourth-order valence-corrected chi connectivity index (χ4v) is 3.61. The molecular weight excluding hydrogens is 404 g/mol. The number of amides is 1. The third-order valence-corrected chi connectivity index (χ3v) is 5.15. The van der Waals surface area contributed by atoms with Gasteiger partial charge in [-0.05, 0) is 18.2 Å². The summed E-state index contributed by atoms with van der Waals surface area (Å²) in [4.78, 5) is 30.0. The van der Waals surface area contributed by atoms with Gasteiger partial charge in [-0.3, -0.25) is 4.79 Å². The van der Waals surface area contributed by atoms with Crippen LogP contribution in [0.3, 0.4) is 0 Å². The van der Waals surface area contributed by atoms with Crippen LogP contribution in [-0.2, 0) is 0 Å². The quantitative estimate of drug-likeness (QED) is 0.519. The minimum atomic E-state index is -0.241. The van der Waals surface area contributed by atoms with Gasteiger partial charge in [0.15, 0.2) is 0 Å². The smallest absolute Gasteiger partial charge is 0.257 e. The van der Waals surface area contributed by atoms with E-state index in [1.807, 2.05) is 18.3 Å². The van der Waals surface area contributed by atoms with E-state index in [0.717, 1.165) is 16.5 Å². The van der Waals surface area contributed by atoms with Crippen molar-refractivity contribution in [3.63, 3.8) is 0 Å². The number of halogens is 1. The Balaban J connectivity index is 1.92. The highest BCUT2D eigenvalue weighted by Gasteiger charge is 2.20. The Morgan fingerprint density at radius 3 is 2.70 bits per heavy atom. The van der Waals surface area contributed by atoms with Crippen LogP contribution in [0.25, 0.3) is 33.3 Å². The lowest BCUT2D eigenvalue weighted by molar-refractivity contribution is 0.0828. The zero-order chi connectivity index (χ0) is 21.4. The van der Waals surface area contributed by atoms with E-state index in [-0.39, 0.29) is 11.7 Å². The molecule has 8 nitrogen and oxygen atoms in total. The predicted octanol–water partition coefficient (Wildman–Crippen LogP) is 3.63. The highest BCUT2D eigenvalue weighted by molar-refractivity contribution is 6.39. The second-order valence-electron chi connectivity index (χ2n) is 6.83. The number of carbonyl (C=O) groups is 1. The average Bonchev–Trinajstić information content (AvgIpc) is 3.19. The fraction of sp³-hybridized carbons (Fsp3) is 0.143. The molecule has 0 bridgehead atoms. The number of anilines is 1. The predicted molar refractivity (Wildman–Crippen MR) is 117 cm³/mol. The van der Waals surface area contributed by atoms with Gasteiger partial charge in [0.2, 0.25) is 5.88 Å². The van der Waals surface area contributed by atoms with Crippen molar-refractivity contribution in [2.75, 3.05) is 26.9 Å². The number of rotatable bonds is 4. The SMILES string of the molecule is COc1ncccc1-c1c[nH]c2ncc(-c3cnc(N)c(C(=O)N(C)C)c3)c(Cl)c12. The van der Waals surface area contributed by atoms with E-state index in [1.54, 1.807) is 45.9 Å². The normalized spacial score (nSPS) is 10.9. The lowest BCUT2D eigenvalue weighted by Gasteiger charge is -2.13. The van der Waals surface area contributed by atoms with Gasteiger partial charge in [-0.15, -0.1) is 0 Å². The lowest BCUT2D eigenvalue weighted by Crippen LogP contribution is -2.23. The molecular formula is C21H19ClN6O2. The van der Waals surface area contributed by atoms with E-state index >= 15 is 0 Å². The highest BCUT2D eigenvalue weighted by Crippen LogP contribution is 2.40. The van der Waals surface area contributed by atoms with Gasteiger partial charge in [-0.1, -0.05) is 11.6 Å². The first kappa shape index (κ1) is 19.7. The monoisotopic (exact) mass is 422 g/mol. The number of nitrogen functional groups attached to an aromatic ring is 1. The van der Waals surface area contributed by atoms with Gasteiger partial charge in [0.1, 0.15) is 11.5 Å². The van der Waals surface area contributed by atoms with Crippen LogP contribution in [0.4, 0.5) is 5.82 Å². The van der Waals surface area contributed by atoms with Gasteiger partial charge < -0.3 is 20.4 Å². The van der Waals surface area contributed by atoms with E-state index in [0.29, 0.717) is 33.2 Å². The summed E-state index contributed by atoms with van der Waals surface area (Å²) < 4.78 is 5.40. The molecule has 0 aliphatic carbocycles. The van der Waals surface area contributed by atoms with Gasteiger partial charge in [-0.2, -0.15) is 0 Å². The number of methoxy groups -OCH3 is 1.